The highest BCUT2D eigenvalue weighted by molar-refractivity contribution is 14.0. The molecule has 1 aliphatic rings. The van der Waals surface area contributed by atoms with Crippen LogP contribution in [0.25, 0.3) is 0 Å². The number of rotatable bonds is 5. The summed E-state index contributed by atoms with van der Waals surface area (Å²) >= 11 is 0. The molecule has 19 heavy (non-hydrogen) atoms. The van der Waals surface area contributed by atoms with Gasteiger partial charge in [0.25, 0.3) is 0 Å². The molecule has 1 aromatic rings. The van der Waals surface area contributed by atoms with Crippen LogP contribution < -0.4 is 11.1 Å². The van der Waals surface area contributed by atoms with Gasteiger partial charge in [-0.3, -0.25) is 10.00 Å². The first-order valence-corrected chi connectivity index (χ1v) is 6.55. The number of halogens is 1. The molecule has 0 spiro atoms. The number of nitrogens with one attached hydrogen (secondary N) is 2. The Kier molecular flexibility index (Phi) is 7.14. The molecular weight excluding hydrogens is 355 g/mol. The van der Waals surface area contributed by atoms with Crippen LogP contribution in [0.3, 0.4) is 0 Å². The van der Waals surface area contributed by atoms with Crippen molar-refractivity contribution < 1.29 is 0 Å². The van der Waals surface area contributed by atoms with Gasteiger partial charge in [0.15, 0.2) is 5.96 Å². The summed E-state index contributed by atoms with van der Waals surface area (Å²) in [4.78, 5) is 6.75. The zero-order valence-electron chi connectivity index (χ0n) is 11.3. The Morgan fingerprint density at radius 3 is 3.21 bits per heavy atom. The lowest BCUT2D eigenvalue weighted by molar-refractivity contribution is 0.267. The van der Waals surface area contributed by atoms with Gasteiger partial charge >= 0.3 is 0 Å². The summed E-state index contributed by atoms with van der Waals surface area (Å²) in [6.45, 7) is 5.94. The highest BCUT2D eigenvalue weighted by Crippen LogP contribution is 2.15. The molecule has 1 fully saturated rings. The number of likely N-dealkylation sites (tertiary alicyclic amines) is 1. The number of likely N-dealkylation sites (N-methyl/N-ethyl adjacent to an activating group) is 1. The van der Waals surface area contributed by atoms with Gasteiger partial charge in [-0.25, -0.2) is 4.99 Å². The van der Waals surface area contributed by atoms with Crippen LogP contribution in [0, 0.1) is 0 Å². The molecule has 7 heteroatoms. The lowest BCUT2D eigenvalue weighted by Crippen LogP contribution is -2.42. The van der Waals surface area contributed by atoms with Crippen LogP contribution in [0.4, 0.5) is 0 Å². The van der Waals surface area contributed by atoms with Crippen LogP contribution in [0.5, 0.6) is 0 Å². The fourth-order valence-corrected chi connectivity index (χ4v) is 2.36. The minimum Gasteiger partial charge on any atom is -0.370 e. The van der Waals surface area contributed by atoms with Crippen LogP contribution in [0.15, 0.2) is 17.3 Å². The van der Waals surface area contributed by atoms with Gasteiger partial charge in [0.1, 0.15) is 0 Å². The second-order valence-corrected chi connectivity index (χ2v) is 4.59. The second kappa shape index (κ2) is 8.36. The van der Waals surface area contributed by atoms with E-state index in [0.29, 0.717) is 18.5 Å². The molecule has 108 valence electrons. The van der Waals surface area contributed by atoms with E-state index in [9.17, 15) is 0 Å². The molecule has 0 saturated carbocycles. The first-order valence-electron chi connectivity index (χ1n) is 6.55. The number of H-pyrrole nitrogens is 1. The summed E-state index contributed by atoms with van der Waals surface area (Å²) in [5.74, 6) is 0.507. The van der Waals surface area contributed by atoms with Crippen molar-refractivity contribution in [2.24, 2.45) is 10.7 Å². The maximum absolute atomic E-state index is 5.84. The summed E-state index contributed by atoms with van der Waals surface area (Å²) in [5, 5.41) is 9.93. The zero-order valence-corrected chi connectivity index (χ0v) is 13.6. The molecule has 1 aromatic heterocycles. The zero-order chi connectivity index (χ0) is 12.8. The fraction of sp³-hybridized carbons (Fsp3) is 0.667. The predicted molar refractivity (Wildman–Crippen MR) is 87.6 cm³/mol. The lowest BCUT2D eigenvalue weighted by atomic mass is 10.2. The normalized spacial score (nSPS) is 20.3. The highest BCUT2D eigenvalue weighted by Gasteiger charge is 2.22. The number of hydrogen-bond donors (Lipinski definition) is 3. The minimum atomic E-state index is 0. The summed E-state index contributed by atoms with van der Waals surface area (Å²) in [5.41, 5.74) is 6.81. The Balaban J connectivity index is 0.00000180. The van der Waals surface area contributed by atoms with Crippen LogP contribution in [0.2, 0.25) is 0 Å². The largest absolute Gasteiger partial charge is 0.370 e. The molecule has 1 unspecified atom stereocenters. The van der Waals surface area contributed by atoms with Crippen LogP contribution >= 0.6 is 24.0 Å². The van der Waals surface area contributed by atoms with Crippen molar-refractivity contribution in [2.75, 3.05) is 19.6 Å². The third kappa shape index (κ3) is 4.98. The van der Waals surface area contributed by atoms with E-state index in [0.717, 1.165) is 18.8 Å². The topological polar surface area (TPSA) is 82.3 Å². The fourth-order valence-electron chi connectivity index (χ4n) is 2.36. The first-order chi connectivity index (χ1) is 8.79. The van der Waals surface area contributed by atoms with E-state index < -0.39 is 0 Å². The van der Waals surface area contributed by atoms with E-state index in [2.05, 4.69) is 32.3 Å². The number of aromatic nitrogens is 2. The van der Waals surface area contributed by atoms with E-state index in [1.807, 2.05) is 6.07 Å². The molecule has 0 bridgehead atoms. The lowest BCUT2D eigenvalue weighted by Gasteiger charge is -2.23. The number of nitrogens with two attached hydrogens (primary N) is 1. The average Bonchev–Trinajstić information content (AvgIpc) is 3.04. The Bertz CT molecular complexity index is 378. The van der Waals surface area contributed by atoms with Gasteiger partial charge in [-0.2, -0.15) is 5.10 Å². The third-order valence-electron chi connectivity index (χ3n) is 3.40. The third-order valence-corrected chi connectivity index (χ3v) is 3.40. The number of hydrogen-bond acceptors (Lipinski definition) is 3. The Morgan fingerprint density at radius 2 is 2.53 bits per heavy atom. The van der Waals surface area contributed by atoms with E-state index >= 15 is 0 Å². The smallest absolute Gasteiger partial charge is 0.189 e. The molecule has 2 heterocycles. The van der Waals surface area contributed by atoms with Gasteiger partial charge in [0.2, 0.25) is 0 Å². The Labute approximate surface area is 131 Å². The van der Waals surface area contributed by atoms with Gasteiger partial charge in [-0.1, -0.05) is 6.92 Å². The molecule has 1 atom stereocenters. The maximum atomic E-state index is 5.84. The minimum absolute atomic E-state index is 0. The first kappa shape index (κ1) is 16.2. The van der Waals surface area contributed by atoms with Crippen LogP contribution in [-0.4, -0.2) is 46.7 Å². The standard InChI is InChI=1S/C12H22N6.HI/c1-2-18-7-3-4-11(18)9-15-12(13)14-8-10-5-6-16-17-10;/h5-6,11H,2-4,7-9H2,1H3,(H,16,17)(H3,13,14,15);1H. The van der Waals surface area contributed by atoms with Crippen LogP contribution in [0.1, 0.15) is 25.5 Å². The molecule has 0 radical (unpaired) electrons. The predicted octanol–water partition coefficient (Wildman–Crippen LogP) is 0.916. The van der Waals surface area contributed by atoms with Crippen molar-refractivity contribution in [3.05, 3.63) is 18.0 Å². The number of aromatic amines is 1. The summed E-state index contributed by atoms with van der Waals surface area (Å²) in [6.07, 6.45) is 4.24. The van der Waals surface area contributed by atoms with Crippen molar-refractivity contribution in [3.63, 3.8) is 0 Å². The molecule has 4 N–H and O–H groups in total. The van der Waals surface area contributed by atoms with Crippen molar-refractivity contribution >= 4 is 29.9 Å². The maximum Gasteiger partial charge on any atom is 0.189 e. The highest BCUT2D eigenvalue weighted by atomic mass is 127. The summed E-state index contributed by atoms with van der Waals surface area (Å²) < 4.78 is 0. The summed E-state index contributed by atoms with van der Waals surface area (Å²) in [6, 6.07) is 2.49. The van der Waals surface area contributed by atoms with Crippen molar-refractivity contribution in [3.8, 4) is 0 Å². The molecule has 1 aliphatic heterocycles. The van der Waals surface area contributed by atoms with E-state index in [1.165, 1.54) is 19.4 Å². The Hall–Kier alpha value is -0.830. The van der Waals surface area contributed by atoms with E-state index in [-0.39, 0.29) is 24.0 Å². The van der Waals surface area contributed by atoms with Crippen LogP contribution in [-0.2, 0) is 6.54 Å². The molecular formula is C12H23IN6. The van der Waals surface area contributed by atoms with E-state index in [4.69, 9.17) is 5.73 Å². The quantitative estimate of drug-likeness (QED) is 0.404. The Morgan fingerprint density at radius 1 is 1.68 bits per heavy atom. The van der Waals surface area contributed by atoms with Gasteiger partial charge in [-0.05, 0) is 32.0 Å². The number of nitrogens with zero attached hydrogens (tertiary/aromatic N) is 3. The number of guanidine groups is 1. The van der Waals surface area contributed by atoms with Crippen molar-refractivity contribution in [2.45, 2.75) is 32.4 Å². The SMILES string of the molecule is CCN1CCCC1CNC(N)=NCc1ccn[nH]1.I. The van der Waals surface area contributed by atoms with Crippen molar-refractivity contribution in [1.29, 1.82) is 0 Å². The van der Waals surface area contributed by atoms with Gasteiger partial charge < -0.3 is 11.1 Å². The number of aliphatic imine (C=N–C) groups is 1. The average molecular weight is 378 g/mol. The molecule has 1 saturated heterocycles. The molecule has 0 aromatic carbocycles. The molecule has 0 amide bonds. The van der Waals surface area contributed by atoms with Crippen molar-refractivity contribution in [1.82, 2.24) is 20.4 Å². The summed E-state index contributed by atoms with van der Waals surface area (Å²) in [7, 11) is 0. The van der Waals surface area contributed by atoms with Gasteiger partial charge in [0, 0.05) is 18.8 Å². The molecule has 6 nitrogen and oxygen atoms in total. The van der Waals surface area contributed by atoms with Gasteiger partial charge in [-0.15, -0.1) is 24.0 Å². The van der Waals surface area contributed by atoms with Gasteiger partial charge in [0.05, 0.1) is 12.2 Å². The monoisotopic (exact) mass is 378 g/mol. The second-order valence-electron chi connectivity index (χ2n) is 4.59. The molecule has 2 rings (SSSR count). The molecule has 0 aliphatic carbocycles. The van der Waals surface area contributed by atoms with E-state index in [1.54, 1.807) is 6.20 Å².